The van der Waals surface area contributed by atoms with Crippen molar-refractivity contribution < 1.29 is 23.1 Å². The van der Waals surface area contributed by atoms with Gasteiger partial charge in [-0.05, 0) is 48.8 Å². The van der Waals surface area contributed by atoms with Gasteiger partial charge in [-0.25, -0.2) is 4.98 Å². The molecule has 0 spiro atoms. The van der Waals surface area contributed by atoms with E-state index in [1.165, 1.54) is 0 Å². The molecule has 2 heterocycles. The molecule has 0 radical (unpaired) electrons. The number of halogens is 3. The summed E-state index contributed by atoms with van der Waals surface area (Å²) < 4.78 is 40.9. The van der Waals surface area contributed by atoms with Crippen molar-refractivity contribution in [1.29, 1.82) is 0 Å². The number of thiazole rings is 1. The number of aromatic nitrogens is 2. The summed E-state index contributed by atoms with van der Waals surface area (Å²) in [6.07, 6.45) is -2.67. The summed E-state index contributed by atoms with van der Waals surface area (Å²) >= 11 is 0.575. The molecule has 2 N–H and O–H groups in total. The van der Waals surface area contributed by atoms with E-state index in [0.29, 0.717) is 24.4 Å². The molecule has 3 aromatic rings. The molecule has 3 rings (SSSR count). The minimum absolute atomic E-state index is 0.129. The SMILES string of the molecule is CCN(CC)CC(O)c1nc(C(F)(F)F)c(C(=O)NC(C)c2cccc(-c3cccnc3)c2)s1. The molecule has 1 amide bonds. The summed E-state index contributed by atoms with van der Waals surface area (Å²) in [5.41, 5.74) is 1.22. The number of hydrogen-bond donors (Lipinski definition) is 2. The van der Waals surface area contributed by atoms with Crippen LogP contribution in [0.1, 0.15) is 58.9 Å². The lowest BCUT2D eigenvalue weighted by molar-refractivity contribution is -0.141. The van der Waals surface area contributed by atoms with Crippen LogP contribution in [0.5, 0.6) is 0 Å². The van der Waals surface area contributed by atoms with E-state index in [-0.39, 0.29) is 11.6 Å². The Kier molecular flexibility index (Phi) is 8.40. The zero-order chi connectivity index (χ0) is 24.9. The van der Waals surface area contributed by atoms with Crippen molar-refractivity contribution >= 4 is 17.2 Å². The monoisotopic (exact) mass is 492 g/mol. The van der Waals surface area contributed by atoms with Crippen molar-refractivity contribution in [2.75, 3.05) is 19.6 Å². The fourth-order valence-corrected chi connectivity index (χ4v) is 4.46. The van der Waals surface area contributed by atoms with Crippen LogP contribution in [0.4, 0.5) is 13.2 Å². The van der Waals surface area contributed by atoms with Crippen molar-refractivity contribution in [3.63, 3.8) is 0 Å². The van der Waals surface area contributed by atoms with Crippen molar-refractivity contribution in [2.24, 2.45) is 0 Å². The number of amides is 1. The normalized spacial score (nSPS) is 13.6. The Morgan fingerprint density at radius 3 is 2.50 bits per heavy atom. The molecular weight excluding hydrogens is 465 g/mol. The van der Waals surface area contributed by atoms with Crippen LogP contribution < -0.4 is 5.32 Å². The lowest BCUT2D eigenvalue weighted by Gasteiger charge is -2.20. The maximum atomic E-state index is 13.6. The Hall–Kier alpha value is -2.82. The first-order valence-electron chi connectivity index (χ1n) is 10.9. The summed E-state index contributed by atoms with van der Waals surface area (Å²) in [5, 5.41) is 13.0. The maximum absolute atomic E-state index is 13.6. The average Bonchev–Trinajstić information content (AvgIpc) is 3.30. The lowest BCUT2D eigenvalue weighted by atomic mass is 10.0. The number of hydrogen-bond acceptors (Lipinski definition) is 6. The quantitative estimate of drug-likeness (QED) is 0.435. The number of alkyl halides is 3. The van der Waals surface area contributed by atoms with Crippen molar-refractivity contribution in [3.05, 3.63) is 69.9 Å². The second-order valence-electron chi connectivity index (χ2n) is 7.79. The summed E-state index contributed by atoms with van der Waals surface area (Å²) in [5.74, 6) is -0.884. The van der Waals surface area contributed by atoms with Crippen molar-refractivity contribution in [1.82, 2.24) is 20.2 Å². The number of nitrogens with zero attached hydrogens (tertiary/aromatic N) is 3. The fourth-order valence-electron chi connectivity index (χ4n) is 3.50. The summed E-state index contributed by atoms with van der Waals surface area (Å²) in [6.45, 7) is 6.88. The second-order valence-corrected chi connectivity index (χ2v) is 8.82. The van der Waals surface area contributed by atoms with Gasteiger partial charge >= 0.3 is 6.18 Å². The molecule has 0 saturated carbocycles. The number of aliphatic hydroxyl groups is 1. The number of rotatable bonds is 9. The Morgan fingerprint density at radius 2 is 1.88 bits per heavy atom. The molecule has 2 aromatic heterocycles. The van der Waals surface area contributed by atoms with Gasteiger partial charge in [0.15, 0.2) is 5.69 Å². The van der Waals surface area contributed by atoms with Gasteiger partial charge in [-0.2, -0.15) is 13.2 Å². The zero-order valence-electron chi connectivity index (χ0n) is 19.1. The van der Waals surface area contributed by atoms with Gasteiger partial charge in [-0.15, -0.1) is 11.3 Å². The first-order chi connectivity index (χ1) is 16.1. The van der Waals surface area contributed by atoms with Crippen LogP contribution in [0, 0.1) is 0 Å². The van der Waals surface area contributed by atoms with Gasteiger partial charge in [0.2, 0.25) is 0 Å². The van der Waals surface area contributed by atoms with Crippen LogP contribution in [-0.2, 0) is 6.18 Å². The van der Waals surface area contributed by atoms with E-state index >= 15 is 0 Å². The van der Waals surface area contributed by atoms with Gasteiger partial charge in [0, 0.05) is 18.9 Å². The first-order valence-corrected chi connectivity index (χ1v) is 11.7. The predicted molar refractivity (Wildman–Crippen MR) is 125 cm³/mol. The standard InChI is InChI=1S/C24H27F3N4O2S/c1-4-31(5-2)14-19(32)23-30-21(24(25,26)27)20(34-23)22(33)29-15(3)16-8-6-9-17(12-16)18-10-7-11-28-13-18/h6-13,15,19,32H,4-5,14H2,1-3H3,(H,29,33). The molecule has 6 nitrogen and oxygen atoms in total. The van der Waals surface area contributed by atoms with E-state index in [4.69, 9.17) is 0 Å². The van der Waals surface area contributed by atoms with Gasteiger partial charge in [-0.1, -0.05) is 38.1 Å². The molecule has 10 heteroatoms. The zero-order valence-corrected chi connectivity index (χ0v) is 20.0. The highest BCUT2D eigenvalue weighted by Crippen LogP contribution is 2.36. The average molecular weight is 493 g/mol. The number of benzene rings is 1. The van der Waals surface area contributed by atoms with Crippen LogP contribution in [0.15, 0.2) is 48.8 Å². The molecule has 2 atom stereocenters. The summed E-state index contributed by atoms with van der Waals surface area (Å²) in [4.78, 5) is 21.9. The largest absolute Gasteiger partial charge is 0.435 e. The highest BCUT2D eigenvalue weighted by molar-refractivity contribution is 7.13. The third-order valence-corrected chi connectivity index (χ3v) is 6.61. The van der Waals surface area contributed by atoms with E-state index in [1.807, 2.05) is 49.1 Å². The molecule has 1 aromatic carbocycles. The molecule has 34 heavy (non-hydrogen) atoms. The molecule has 0 aliphatic rings. The van der Waals surface area contributed by atoms with E-state index in [0.717, 1.165) is 16.7 Å². The third kappa shape index (κ3) is 6.19. The molecule has 0 fully saturated rings. The van der Waals surface area contributed by atoms with Crippen LogP contribution in [0.3, 0.4) is 0 Å². The van der Waals surface area contributed by atoms with E-state index in [9.17, 15) is 23.1 Å². The van der Waals surface area contributed by atoms with E-state index < -0.39 is 34.8 Å². The third-order valence-electron chi connectivity index (χ3n) is 5.46. The Balaban J connectivity index is 1.83. The Morgan fingerprint density at radius 1 is 1.18 bits per heavy atom. The van der Waals surface area contributed by atoms with Crippen molar-refractivity contribution in [2.45, 2.75) is 39.1 Å². The number of pyridine rings is 1. The number of aliphatic hydroxyl groups excluding tert-OH is 1. The number of carbonyl (C=O) groups is 1. The highest BCUT2D eigenvalue weighted by Gasteiger charge is 2.40. The molecule has 182 valence electrons. The van der Waals surface area contributed by atoms with Gasteiger partial charge in [0.05, 0.1) is 6.04 Å². The number of nitrogens with one attached hydrogen (secondary N) is 1. The molecule has 0 aliphatic carbocycles. The Labute approximate surface area is 200 Å². The van der Waals surface area contributed by atoms with Crippen molar-refractivity contribution in [3.8, 4) is 11.1 Å². The van der Waals surface area contributed by atoms with Crippen LogP contribution in [0.25, 0.3) is 11.1 Å². The number of likely N-dealkylation sites (N-methyl/N-ethyl adjacent to an activating group) is 1. The molecule has 2 unspecified atom stereocenters. The summed E-state index contributed by atoms with van der Waals surface area (Å²) in [7, 11) is 0. The van der Waals surface area contributed by atoms with Gasteiger partial charge in [-0.3, -0.25) is 9.78 Å². The number of carbonyl (C=O) groups excluding carboxylic acids is 1. The highest BCUT2D eigenvalue weighted by atomic mass is 32.1. The lowest BCUT2D eigenvalue weighted by Crippen LogP contribution is -2.28. The predicted octanol–water partition coefficient (Wildman–Crippen LogP) is 5.09. The van der Waals surface area contributed by atoms with Gasteiger partial charge in [0.1, 0.15) is 16.0 Å². The minimum atomic E-state index is -4.82. The first kappa shape index (κ1) is 25.8. The smallest absolute Gasteiger partial charge is 0.385 e. The summed E-state index contributed by atoms with van der Waals surface area (Å²) in [6, 6.07) is 10.5. The second kappa shape index (κ2) is 11.1. The topological polar surface area (TPSA) is 78.3 Å². The van der Waals surface area contributed by atoms with E-state index in [1.54, 1.807) is 25.4 Å². The molecule has 0 bridgehead atoms. The van der Waals surface area contributed by atoms with Crippen LogP contribution >= 0.6 is 11.3 Å². The van der Waals surface area contributed by atoms with E-state index in [2.05, 4.69) is 15.3 Å². The minimum Gasteiger partial charge on any atom is -0.385 e. The Bertz CT molecular complexity index is 1100. The fraction of sp³-hybridized carbons (Fsp3) is 0.375. The maximum Gasteiger partial charge on any atom is 0.435 e. The molecular formula is C24H27F3N4O2S. The van der Waals surface area contributed by atoms with Crippen LogP contribution in [0.2, 0.25) is 0 Å². The van der Waals surface area contributed by atoms with Gasteiger partial charge < -0.3 is 15.3 Å². The molecule has 0 saturated heterocycles. The molecule has 0 aliphatic heterocycles. The van der Waals surface area contributed by atoms with Crippen LogP contribution in [-0.4, -0.2) is 45.5 Å². The van der Waals surface area contributed by atoms with Gasteiger partial charge in [0.25, 0.3) is 5.91 Å².